The van der Waals surface area contributed by atoms with Gasteiger partial charge in [-0.15, -0.1) is 5.10 Å². The van der Waals surface area contributed by atoms with Gasteiger partial charge in [0.25, 0.3) is 0 Å². The number of nitrogens with one attached hydrogen (secondary N) is 1. The van der Waals surface area contributed by atoms with Crippen LogP contribution in [-0.4, -0.2) is 40.3 Å². The molecule has 0 bridgehead atoms. The maximum Gasteiger partial charge on any atom is 0.180 e. The van der Waals surface area contributed by atoms with Gasteiger partial charge in [0.2, 0.25) is 0 Å². The molecule has 1 aliphatic carbocycles. The topological polar surface area (TPSA) is 105 Å². The van der Waals surface area contributed by atoms with Gasteiger partial charge in [-0.05, 0) is 76.9 Å². The van der Waals surface area contributed by atoms with Crippen LogP contribution in [0.5, 0.6) is 0 Å². The van der Waals surface area contributed by atoms with Gasteiger partial charge in [0.05, 0.1) is 11.7 Å². The van der Waals surface area contributed by atoms with Crippen molar-refractivity contribution in [3.63, 3.8) is 0 Å². The molecule has 2 aromatic carbocycles. The summed E-state index contributed by atoms with van der Waals surface area (Å²) in [6, 6.07) is 17.1. The average Bonchev–Trinajstić information content (AvgIpc) is 3.66. The van der Waals surface area contributed by atoms with Crippen molar-refractivity contribution in [2.24, 2.45) is 5.92 Å². The van der Waals surface area contributed by atoms with E-state index in [1.807, 2.05) is 45.0 Å². The summed E-state index contributed by atoms with van der Waals surface area (Å²) >= 11 is 0. The van der Waals surface area contributed by atoms with Gasteiger partial charge < -0.3 is 9.67 Å². The summed E-state index contributed by atoms with van der Waals surface area (Å²) in [6.45, 7) is 10.1. The van der Waals surface area contributed by atoms with Crippen LogP contribution >= 0.6 is 0 Å². The number of hydrogen-bond acceptors (Lipinski definition) is 6. The maximum atomic E-state index is 11.2. The summed E-state index contributed by atoms with van der Waals surface area (Å²) in [5.74, 6) is 1.73. The Morgan fingerprint density at radius 2 is 1.89 bits per heavy atom. The number of aromatic amines is 1. The summed E-state index contributed by atoms with van der Waals surface area (Å²) in [5, 5.41) is 25.8. The first-order valence-corrected chi connectivity index (χ1v) is 13.4. The number of tetrazole rings is 1. The molecule has 0 amide bonds. The third-order valence-electron chi connectivity index (χ3n) is 8.21. The highest BCUT2D eigenvalue weighted by Gasteiger charge is 2.33. The maximum absolute atomic E-state index is 11.2. The van der Waals surface area contributed by atoms with E-state index in [2.05, 4.69) is 63.3 Å². The van der Waals surface area contributed by atoms with Crippen LogP contribution in [0.1, 0.15) is 68.4 Å². The SMILES string of the molecule is CCc1nc2c(C)cc(C(C)(O)C(C)C)nc2n1[C@H]1CCc2cc(-c3ccccc3-c3nnn[nH]3)ccc21. The molecule has 0 aliphatic heterocycles. The second kappa shape index (κ2) is 9.13. The first-order chi connectivity index (χ1) is 18.3. The number of rotatable bonds is 6. The van der Waals surface area contributed by atoms with Gasteiger partial charge in [-0.2, -0.15) is 0 Å². The van der Waals surface area contributed by atoms with Crippen molar-refractivity contribution in [2.75, 3.05) is 0 Å². The smallest absolute Gasteiger partial charge is 0.180 e. The molecule has 8 nitrogen and oxygen atoms in total. The summed E-state index contributed by atoms with van der Waals surface area (Å²) < 4.78 is 2.32. The van der Waals surface area contributed by atoms with Crippen molar-refractivity contribution < 1.29 is 5.11 Å². The predicted octanol–water partition coefficient (Wildman–Crippen LogP) is 5.55. The zero-order valence-corrected chi connectivity index (χ0v) is 22.5. The lowest BCUT2D eigenvalue weighted by molar-refractivity contribution is 0.00505. The number of aliphatic hydroxyl groups is 1. The molecule has 1 unspecified atom stereocenters. The Hall–Kier alpha value is -3.91. The van der Waals surface area contributed by atoms with Crippen LogP contribution in [0.3, 0.4) is 0 Å². The van der Waals surface area contributed by atoms with E-state index in [-0.39, 0.29) is 12.0 Å². The van der Waals surface area contributed by atoms with E-state index in [1.54, 1.807) is 0 Å². The Morgan fingerprint density at radius 3 is 2.61 bits per heavy atom. The number of fused-ring (bicyclic) bond motifs is 2. The fourth-order valence-electron chi connectivity index (χ4n) is 5.64. The molecule has 3 heterocycles. The third kappa shape index (κ3) is 3.82. The molecule has 3 aromatic heterocycles. The Kier molecular flexibility index (Phi) is 5.87. The zero-order valence-electron chi connectivity index (χ0n) is 22.5. The van der Waals surface area contributed by atoms with Crippen molar-refractivity contribution in [3.05, 3.63) is 76.7 Å². The van der Waals surface area contributed by atoms with Crippen LogP contribution in [0.15, 0.2) is 48.5 Å². The number of aryl methyl sites for hydroxylation is 3. The van der Waals surface area contributed by atoms with Gasteiger partial charge in [-0.3, -0.25) is 0 Å². The Morgan fingerprint density at radius 1 is 1.11 bits per heavy atom. The Labute approximate surface area is 222 Å². The largest absolute Gasteiger partial charge is 0.384 e. The normalized spacial score (nSPS) is 16.8. The number of pyridine rings is 1. The minimum Gasteiger partial charge on any atom is -0.384 e. The van der Waals surface area contributed by atoms with Crippen molar-refractivity contribution in [1.29, 1.82) is 0 Å². The van der Waals surface area contributed by atoms with Crippen LogP contribution in [0, 0.1) is 12.8 Å². The van der Waals surface area contributed by atoms with Crippen molar-refractivity contribution in [3.8, 4) is 22.5 Å². The number of aromatic nitrogens is 7. The molecule has 6 rings (SSSR count). The van der Waals surface area contributed by atoms with Gasteiger partial charge in [-0.25, -0.2) is 15.1 Å². The van der Waals surface area contributed by atoms with Crippen molar-refractivity contribution in [2.45, 2.75) is 65.5 Å². The van der Waals surface area contributed by atoms with Gasteiger partial charge in [0, 0.05) is 12.0 Å². The first kappa shape index (κ1) is 24.4. The van der Waals surface area contributed by atoms with Crippen LogP contribution in [0.2, 0.25) is 0 Å². The molecule has 0 saturated heterocycles. The highest BCUT2D eigenvalue weighted by atomic mass is 16.3. The van der Waals surface area contributed by atoms with Crippen LogP contribution in [0.4, 0.5) is 0 Å². The Bertz CT molecular complexity index is 1630. The van der Waals surface area contributed by atoms with Crippen LogP contribution in [0.25, 0.3) is 33.7 Å². The number of hydrogen-bond donors (Lipinski definition) is 2. The van der Waals surface area contributed by atoms with Gasteiger partial charge in [0.1, 0.15) is 16.9 Å². The second-order valence-electron chi connectivity index (χ2n) is 10.8. The molecule has 1 aliphatic rings. The summed E-state index contributed by atoms with van der Waals surface area (Å²) in [6.07, 6.45) is 2.77. The van der Waals surface area contributed by atoms with Crippen LogP contribution in [-0.2, 0) is 18.4 Å². The molecule has 8 heteroatoms. The highest BCUT2D eigenvalue weighted by Crippen LogP contribution is 2.41. The molecule has 194 valence electrons. The molecule has 2 N–H and O–H groups in total. The first-order valence-electron chi connectivity index (χ1n) is 13.4. The molecule has 5 aromatic rings. The van der Waals surface area contributed by atoms with Gasteiger partial charge in [-0.1, -0.05) is 63.2 Å². The number of H-pyrrole nitrogens is 1. The lowest BCUT2D eigenvalue weighted by Gasteiger charge is -2.27. The molecule has 2 atom stereocenters. The van der Waals surface area contributed by atoms with E-state index in [4.69, 9.17) is 9.97 Å². The molecule has 0 saturated carbocycles. The summed E-state index contributed by atoms with van der Waals surface area (Å²) in [5.41, 5.74) is 8.38. The van der Waals surface area contributed by atoms with Crippen LogP contribution < -0.4 is 0 Å². The monoisotopic (exact) mass is 507 g/mol. The standard InChI is InChI=1S/C30H33N7O/c1-6-26-32-27-18(4)15-25(30(5,38)17(2)3)31-29(27)37(26)24-14-12-20-16-19(11-13-22(20)24)21-9-7-8-10-23(21)28-33-35-36-34-28/h7-11,13,15-17,24,38H,6,12,14H2,1-5H3,(H,33,34,35,36)/t24-,30?/m0/s1. The second-order valence-corrected chi connectivity index (χ2v) is 10.8. The highest BCUT2D eigenvalue weighted by molar-refractivity contribution is 5.81. The van der Waals surface area contributed by atoms with Gasteiger partial charge >= 0.3 is 0 Å². The van der Waals surface area contributed by atoms with E-state index >= 15 is 0 Å². The number of imidazole rings is 1. The molecule has 0 spiro atoms. The van der Waals surface area contributed by atoms with E-state index in [1.165, 1.54) is 11.1 Å². The Balaban J connectivity index is 1.46. The van der Waals surface area contributed by atoms with E-state index in [9.17, 15) is 5.11 Å². The third-order valence-corrected chi connectivity index (χ3v) is 8.21. The van der Waals surface area contributed by atoms with Gasteiger partial charge in [0.15, 0.2) is 11.5 Å². The van der Waals surface area contributed by atoms with E-state index < -0.39 is 5.60 Å². The summed E-state index contributed by atoms with van der Waals surface area (Å²) in [4.78, 5) is 10.1. The minimum atomic E-state index is -1.02. The summed E-state index contributed by atoms with van der Waals surface area (Å²) in [7, 11) is 0. The molecular formula is C30H33N7O. The van der Waals surface area contributed by atoms with E-state index in [0.717, 1.165) is 58.5 Å². The molecular weight excluding hydrogens is 474 g/mol. The molecule has 38 heavy (non-hydrogen) atoms. The number of benzene rings is 2. The fraction of sp³-hybridized carbons (Fsp3) is 0.367. The zero-order chi connectivity index (χ0) is 26.6. The fourth-order valence-corrected chi connectivity index (χ4v) is 5.64. The van der Waals surface area contributed by atoms with Crippen molar-refractivity contribution >= 4 is 11.2 Å². The minimum absolute atomic E-state index is 0.0371. The quantitative estimate of drug-likeness (QED) is 0.312. The van der Waals surface area contributed by atoms with Crippen molar-refractivity contribution in [1.82, 2.24) is 35.2 Å². The predicted molar refractivity (Wildman–Crippen MR) is 148 cm³/mol. The van der Waals surface area contributed by atoms with E-state index in [0.29, 0.717) is 11.5 Å². The molecule has 0 radical (unpaired) electrons. The number of nitrogens with zero attached hydrogens (tertiary/aromatic N) is 6. The average molecular weight is 508 g/mol. The lowest BCUT2D eigenvalue weighted by Crippen LogP contribution is -2.29. The molecule has 0 fully saturated rings. The lowest BCUT2D eigenvalue weighted by atomic mass is 9.88.